The molecular weight excluding hydrogens is 344 g/mol. The number of aryl methyl sites for hydroxylation is 1. The molecule has 0 bridgehead atoms. The van der Waals surface area contributed by atoms with Gasteiger partial charge in [0.05, 0.1) is 5.69 Å². The van der Waals surface area contributed by atoms with Crippen molar-refractivity contribution in [1.29, 1.82) is 0 Å². The first-order valence-electron chi connectivity index (χ1n) is 5.15. The lowest BCUT2D eigenvalue weighted by atomic mass is 10.1. The van der Waals surface area contributed by atoms with Gasteiger partial charge in [0, 0.05) is 20.3 Å². The molecule has 0 aliphatic heterocycles. The van der Waals surface area contributed by atoms with Crippen molar-refractivity contribution in [1.82, 2.24) is 0 Å². The maximum absolute atomic E-state index is 5.79. The molecule has 2 aromatic carbocycles. The summed E-state index contributed by atoms with van der Waals surface area (Å²) in [5.74, 6) is 0. The summed E-state index contributed by atoms with van der Waals surface area (Å²) in [7, 11) is 0. The number of para-hydroxylation sites is 1. The Labute approximate surface area is 117 Å². The van der Waals surface area contributed by atoms with Gasteiger partial charge in [0.15, 0.2) is 0 Å². The number of halogens is 2. The fraction of sp³-hybridized carbons (Fsp3) is 0.0769. The summed E-state index contributed by atoms with van der Waals surface area (Å²) in [6.45, 7) is 2.05. The van der Waals surface area contributed by atoms with Gasteiger partial charge in [-0.1, -0.05) is 12.1 Å². The molecule has 17 heavy (non-hydrogen) atoms. The Morgan fingerprint density at radius 2 is 1.71 bits per heavy atom. The minimum atomic E-state index is 0.751. The molecule has 4 heteroatoms. The maximum Gasteiger partial charge on any atom is 0.0673 e. The Balaban J connectivity index is 2.41. The highest BCUT2D eigenvalue weighted by Gasteiger charge is 2.06. The van der Waals surface area contributed by atoms with E-state index in [2.05, 4.69) is 37.2 Å². The Hall–Kier alpha value is -1.000. The van der Waals surface area contributed by atoms with Crippen molar-refractivity contribution in [2.24, 2.45) is 0 Å². The van der Waals surface area contributed by atoms with Crippen molar-refractivity contribution in [3.05, 3.63) is 50.9 Å². The van der Waals surface area contributed by atoms with Crippen LogP contribution in [0.3, 0.4) is 0 Å². The lowest BCUT2D eigenvalue weighted by Crippen LogP contribution is -1.96. The largest absolute Gasteiger partial charge is 0.399 e. The van der Waals surface area contributed by atoms with E-state index in [1.54, 1.807) is 0 Å². The van der Waals surface area contributed by atoms with Crippen LogP contribution in [0.15, 0.2) is 45.3 Å². The van der Waals surface area contributed by atoms with E-state index in [1.165, 1.54) is 0 Å². The molecule has 2 rings (SSSR count). The zero-order valence-corrected chi connectivity index (χ0v) is 12.5. The van der Waals surface area contributed by atoms with Gasteiger partial charge in [-0.3, -0.25) is 0 Å². The molecule has 0 saturated carbocycles. The minimum Gasteiger partial charge on any atom is -0.399 e. The third-order valence-corrected chi connectivity index (χ3v) is 3.81. The van der Waals surface area contributed by atoms with Crippen LogP contribution in [-0.2, 0) is 0 Å². The SMILES string of the molecule is Cc1ccc(N)cc1Nc1c(Br)cccc1Br. The van der Waals surface area contributed by atoms with Crippen molar-refractivity contribution in [2.75, 3.05) is 11.1 Å². The van der Waals surface area contributed by atoms with Crippen LogP contribution in [0.1, 0.15) is 5.56 Å². The zero-order chi connectivity index (χ0) is 12.4. The second-order valence-electron chi connectivity index (χ2n) is 3.80. The minimum absolute atomic E-state index is 0.751. The van der Waals surface area contributed by atoms with Gasteiger partial charge >= 0.3 is 0 Å². The molecule has 0 amide bonds. The highest BCUT2D eigenvalue weighted by Crippen LogP contribution is 2.34. The smallest absolute Gasteiger partial charge is 0.0673 e. The number of nitrogens with one attached hydrogen (secondary N) is 1. The van der Waals surface area contributed by atoms with E-state index in [4.69, 9.17) is 5.73 Å². The van der Waals surface area contributed by atoms with Crippen LogP contribution in [0.2, 0.25) is 0 Å². The van der Waals surface area contributed by atoms with Crippen LogP contribution in [0.4, 0.5) is 17.1 Å². The molecule has 0 saturated heterocycles. The first kappa shape index (κ1) is 12.5. The van der Waals surface area contributed by atoms with Gasteiger partial charge in [-0.2, -0.15) is 0 Å². The molecule has 0 aliphatic carbocycles. The van der Waals surface area contributed by atoms with E-state index in [0.717, 1.165) is 31.6 Å². The monoisotopic (exact) mass is 354 g/mol. The molecule has 2 nitrogen and oxygen atoms in total. The molecule has 0 aromatic heterocycles. The first-order chi connectivity index (χ1) is 8.08. The molecule has 0 fully saturated rings. The van der Waals surface area contributed by atoms with Crippen molar-refractivity contribution in [3.8, 4) is 0 Å². The van der Waals surface area contributed by atoms with Crippen LogP contribution >= 0.6 is 31.9 Å². The summed E-state index contributed by atoms with van der Waals surface area (Å²) in [4.78, 5) is 0. The summed E-state index contributed by atoms with van der Waals surface area (Å²) in [6.07, 6.45) is 0. The number of benzene rings is 2. The predicted molar refractivity (Wildman–Crippen MR) is 80.7 cm³/mol. The lowest BCUT2D eigenvalue weighted by molar-refractivity contribution is 1.42. The lowest BCUT2D eigenvalue weighted by Gasteiger charge is -2.13. The quantitative estimate of drug-likeness (QED) is 0.756. The molecule has 0 radical (unpaired) electrons. The molecule has 0 atom stereocenters. The average molecular weight is 356 g/mol. The summed E-state index contributed by atoms with van der Waals surface area (Å²) in [6, 6.07) is 11.8. The molecule has 0 unspecified atom stereocenters. The van der Waals surface area contributed by atoms with E-state index in [-0.39, 0.29) is 0 Å². The Bertz CT molecular complexity index is 533. The standard InChI is InChI=1S/C13H12Br2N2/c1-8-5-6-9(16)7-12(8)17-13-10(14)3-2-4-11(13)15/h2-7,17H,16H2,1H3. The van der Waals surface area contributed by atoms with Crippen molar-refractivity contribution >= 4 is 48.9 Å². The molecule has 2 aromatic rings. The van der Waals surface area contributed by atoms with Crippen molar-refractivity contribution < 1.29 is 0 Å². The number of hydrogen-bond acceptors (Lipinski definition) is 2. The number of anilines is 3. The second kappa shape index (κ2) is 5.10. The summed E-state index contributed by atoms with van der Waals surface area (Å²) in [5.41, 5.74) is 9.71. The molecule has 0 heterocycles. The number of rotatable bonds is 2. The summed E-state index contributed by atoms with van der Waals surface area (Å²) in [5, 5.41) is 3.38. The molecule has 88 valence electrons. The van der Waals surface area contributed by atoms with E-state index in [0.29, 0.717) is 0 Å². The number of nitrogen functional groups attached to an aromatic ring is 1. The van der Waals surface area contributed by atoms with E-state index >= 15 is 0 Å². The average Bonchev–Trinajstić information content (AvgIpc) is 2.28. The Kier molecular flexibility index (Phi) is 3.74. The van der Waals surface area contributed by atoms with E-state index in [1.807, 2.05) is 43.3 Å². The normalized spacial score (nSPS) is 10.3. The van der Waals surface area contributed by atoms with Gasteiger partial charge in [-0.25, -0.2) is 0 Å². The second-order valence-corrected chi connectivity index (χ2v) is 5.50. The zero-order valence-electron chi connectivity index (χ0n) is 9.30. The van der Waals surface area contributed by atoms with Crippen LogP contribution in [0.25, 0.3) is 0 Å². The van der Waals surface area contributed by atoms with Crippen molar-refractivity contribution in [2.45, 2.75) is 6.92 Å². The maximum atomic E-state index is 5.79. The fourth-order valence-corrected chi connectivity index (χ4v) is 2.72. The predicted octanol–water partition coefficient (Wildman–Crippen LogP) is 4.85. The molecule has 3 N–H and O–H groups in total. The molecule has 0 spiro atoms. The van der Waals surface area contributed by atoms with Crippen LogP contribution in [-0.4, -0.2) is 0 Å². The van der Waals surface area contributed by atoms with Gasteiger partial charge in [0.1, 0.15) is 0 Å². The third-order valence-electron chi connectivity index (χ3n) is 2.48. The first-order valence-corrected chi connectivity index (χ1v) is 6.73. The topological polar surface area (TPSA) is 38.0 Å². The Morgan fingerprint density at radius 1 is 1.06 bits per heavy atom. The van der Waals surface area contributed by atoms with Crippen LogP contribution in [0, 0.1) is 6.92 Å². The van der Waals surface area contributed by atoms with E-state index in [9.17, 15) is 0 Å². The van der Waals surface area contributed by atoms with Crippen molar-refractivity contribution in [3.63, 3.8) is 0 Å². The molecule has 0 aliphatic rings. The Morgan fingerprint density at radius 3 is 2.35 bits per heavy atom. The highest BCUT2D eigenvalue weighted by molar-refractivity contribution is 9.11. The number of nitrogens with two attached hydrogens (primary N) is 1. The van der Waals surface area contributed by atoms with Gasteiger partial charge in [0.2, 0.25) is 0 Å². The third kappa shape index (κ3) is 2.82. The number of hydrogen-bond donors (Lipinski definition) is 2. The summed E-state index contributed by atoms with van der Waals surface area (Å²) >= 11 is 7.05. The van der Waals surface area contributed by atoms with Gasteiger partial charge in [-0.15, -0.1) is 0 Å². The van der Waals surface area contributed by atoms with Gasteiger partial charge in [0.25, 0.3) is 0 Å². The van der Waals surface area contributed by atoms with Crippen LogP contribution in [0.5, 0.6) is 0 Å². The summed E-state index contributed by atoms with van der Waals surface area (Å²) < 4.78 is 2.02. The highest BCUT2D eigenvalue weighted by atomic mass is 79.9. The molecular formula is C13H12Br2N2. The van der Waals surface area contributed by atoms with Gasteiger partial charge < -0.3 is 11.1 Å². The van der Waals surface area contributed by atoms with Crippen LogP contribution < -0.4 is 11.1 Å². The van der Waals surface area contributed by atoms with Gasteiger partial charge in [-0.05, 0) is 68.6 Å². The fourth-order valence-electron chi connectivity index (χ4n) is 1.53. The van der Waals surface area contributed by atoms with E-state index < -0.39 is 0 Å².